The minimum absolute atomic E-state index is 0.131. The van der Waals surface area contributed by atoms with Gasteiger partial charge in [-0.2, -0.15) is 0 Å². The number of hydrogen-bond donors (Lipinski definition) is 2. The van der Waals surface area contributed by atoms with Crippen molar-refractivity contribution in [2.24, 2.45) is 0 Å². The average molecular weight is 402 g/mol. The molecule has 0 bridgehead atoms. The van der Waals surface area contributed by atoms with Crippen molar-refractivity contribution in [2.75, 3.05) is 12.4 Å². The maximum absolute atomic E-state index is 12.8. The van der Waals surface area contributed by atoms with Gasteiger partial charge in [0.25, 0.3) is 0 Å². The summed E-state index contributed by atoms with van der Waals surface area (Å²) in [6.45, 7) is 1.45. The number of nitrogens with one attached hydrogen (secondary N) is 2. The van der Waals surface area contributed by atoms with Crippen LogP contribution in [0.5, 0.6) is 5.75 Å². The molecule has 0 saturated carbocycles. The number of carbonyl (C=O) groups excluding carboxylic acids is 2. The molecule has 0 spiro atoms. The minimum Gasteiger partial charge on any atom is -0.497 e. The van der Waals surface area contributed by atoms with Crippen LogP contribution in [0.3, 0.4) is 0 Å². The third-order valence-electron chi connectivity index (χ3n) is 4.81. The van der Waals surface area contributed by atoms with E-state index < -0.39 is 6.04 Å². The van der Waals surface area contributed by atoms with Gasteiger partial charge in [0.2, 0.25) is 11.8 Å². The Morgan fingerprint density at radius 1 is 0.900 bits per heavy atom. The van der Waals surface area contributed by atoms with E-state index in [-0.39, 0.29) is 18.2 Å². The summed E-state index contributed by atoms with van der Waals surface area (Å²) in [6, 6.07) is 24.8. The fourth-order valence-corrected chi connectivity index (χ4v) is 3.33. The molecule has 1 unspecified atom stereocenters. The molecule has 0 heterocycles. The van der Waals surface area contributed by atoms with Crippen LogP contribution < -0.4 is 15.4 Å². The fourth-order valence-electron chi connectivity index (χ4n) is 3.33. The molecule has 0 radical (unpaired) electrons. The molecule has 5 nitrogen and oxygen atoms in total. The zero-order valence-electron chi connectivity index (χ0n) is 17.2. The molecule has 3 aromatic rings. The lowest BCUT2D eigenvalue weighted by Gasteiger charge is -2.19. The summed E-state index contributed by atoms with van der Waals surface area (Å²) >= 11 is 0. The number of benzene rings is 3. The van der Waals surface area contributed by atoms with E-state index in [1.165, 1.54) is 12.5 Å². The molecular weight excluding hydrogens is 376 g/mol. The molecule has 3 rings (SSSR count). The SMILES string of the molecule is COc1ccc(C(CC(=O)Nc2ccccc2Cc2ccccc2)NC(C)=O)cc1. The number of anilines is 1. The van der Waals surface area contributed by atoms with Crippen LogP contribution in [0.15, 0.2) is 78.9 Å². The molecule has 0 aliphatic carbocycles. The number of amides is 2. The Bertz CT molecular complexity index is 985. The van der Waals surface area contributed by atoms with Crippen LogP contribution in [0.4, 0.5) is 5.69 Å². The second kappa shape index (κ2) is 10.3. The van der Waals surface area contributed by atoms with Crippen molar-refractivity contribution in [3.8, 4) is 5.75 Å². The number of carbonyl (C=O) groups is 2. The molecule has 0 aliphatic rings. The lowest BCUT2D eigenvalue weighted by Crippen LogP contribution is -2.29. The topological polar surface area (TPSA) is 67.4 Å². The summed E-state index contributed by atoms with van der Waals surface area (Å²) in [7, 11) is 1.60. The zero-order chi connectivity index (χ0) is 21.3. The lowest BCUT2D eigenvalue weighted by atomic mass is 10.0. The van der Waals surface area contributed by atoms with E-state index in [2.05, 4.69) is 22.8 Å². The van der Waals surface area contributed by atoms with E-state index >= 15 is 0 Å². The first-order valence-electron chi connectivity index (χ1n) is 9.88. The first-order chi connectivity index (χ1) is 14.5. The number of ether oxygens (including phenoxy) is 1. The highest BCUT2D eigenvalue weighted by atomic mass is 16.5. The van der Waals surface area contributed by atoms with Gasteiger partial charge in [-0.05, 0) is 41.3 Å². The standard InChI is InChI=1S/C25H26N2O3/c1-18(28)26-24(20-12-14-22(30-2)15-13-20)17-25(29)27-23-11-7-6-10-21(23)16-19-8-4-3-5-9-19/h3-15,24H,16-17H2,1-2H3,(H,26,28)(H,27,29). The van der Waals surface area contributed by atoms with E-state index in [4.69, 9.17) is 4.74 Å². The molecule has 30 heavy (non-hydrogen) atoms. The van der Waals surface area contributed by atoms with Gasteiger partial charge in [-0.3, -0.25) is 9.59 Å². The monoisotopic (exact) mass is 402 g/mol. The number of methoxy groups -OCH3 is 1. The van der Waals surface area contributed by atoms with Gasteiger partial charge in [0, 0.05) is 12.6 Å². The molecule has 0 saturated heterocycles. The quantitative estimate of drug-likeness (QED) is 0.583. The van der Waals surface area contributed by atoms with Crippen molar-refractivity contribution < 1.29 is 14.3 Å². The molecular formula is C25H26N2O3. The summed E-state index contributed by atoms with van der Waals surface area (Å²) in [5.74, 6) is 0.373. The average Bonchev–Trinajstić information content (AvgIpc) is 2.75. The van der Waals surface area contributed by atoms with Crippen LogP contribution in [0.2, 0.25) is 0 Å². The second-order valence-corrected chi connectivity index (χ2v) is 7.10. The molecule has 3 aromatic carbocycles. The van der Waals surface area contributed by atoms with Crippen molar-refractivity contribution in [1.29, 1.82) is 0 Å². The Hall–Kier alpha value is -3.60. The van der Waals surface area contributed by atoms with E-state index in [0.29, 0.717) is 0 Å². The highest BCUT2D eigenvalue weighted by Crippen LogP contribution is 2.23. The molecule has 1 atom stereocenters. The Morgan fingerprint density at radius 2 is 1.57 bits per heavy atom. The molecule has 154 valence electrons. The van der Waals surface area contributed by atoms with Gasteiger partial charge in [-0.25, -0.2) is 0 Å². The summed E-state index contributed by atoms with van der Waals surface area (Å²) in [6.07, 6.45) is 0.858. The highest BCUT2D eigenvalue weighted by Gasteiger charge is 2.18. The van der Waals surface area contributed by atoms with Crippen LogP contribution in [0.1, 0.15) is 36.1 Å². The van der Waals surface area contributed by atoms with Crippen LogP contribution in [-0.4, -0.2) is 18.9 Å². The van der Waals surface area contributed by atoms with Crippen LogP contribution in [0, 0.1) is 0 Å². The molecule has 0 fully saturated rings. The lowest BCUT2D eigenvalue weighted by molar-refractivity contribution is -0.120. The second-order valence-electron chi connectivity index (χ2n) is 7.10. The van der Waals surface area contributed by atoms with Gasteiger partial charge in [0.15, 0.2) is 0 Å². The Balaban J connectivity index is 1.73. The molecule has 2 amide bonds. The van der Waals surface area contributed by atoms with Crippen LogP contribution in [0.25, 0.3) is 0 Å². The van der Waals surface area contributed by atoms with Crippen molar-refractivity contribution in [3.05, 3.63) is 95.6 Å². The third-order valence-corrected chi connectivity index (χ3v) is 4.81. The van der Waals surface area contributed by atoms with Gasteiger partial charge in [-0.1, -0.05) is 60.7 Å². The molecule has 0 aromatic heterocycles. The number of hydrogen-bond acceptors (Lipinski definition) is 3. The normalized spacial score (nSPS) is 11.4. The maximum Gasteiger partial charge on any atom is 0.226 e. The minimum atomic E-state index is -0.422. The van der Waals surface area contributed by atoms with Gasteiger partial charge in [0.05, 0.1) is 19.6 Å². The summed E-state index contributed by atoms with van der Waals surface area (Å²) in [4.78, 5) is 24.5. The molecule has 5 heteroatoms. The van der Waals surface area contributed by atoms with E-state index in [1.807, 2.05) is 66.7 Å². The van der Waals surface area contributed by atoms with Gasteiger partial charge >= 0.3 is 0 Å². The van der Waals surface area contributed by atoms with Crippen molar-refractivity contribution in [3.63, 3.8) is 0 Å². The van der Waals surface area contributed by atoms with Crippen LogP contribution in [-0.2, 0) is 16.0 Å². The number of rotatable bonds is 8. The third kappa shape index (κ3) is 5.95. The molecule has 2 N–H and O–H groups in total. The Morgan fingerprint density at radius 3 is 2.23 bits per heavy atom. The summed E-state index contributed by atoms with van der Waals surface area (Å²) < 4.78 is 5.19. The summed E-state index contributed by atoms with van der Waals surface area (Å²) in [5, 5.41) is 5.88. The zero-order valence-corrected chi connectivity index (χ0v) is 17.2. The largest absolute Gasteiger partial charge is 0.497 e. The highest BCUT2D eigenvalue weighted by molar-refractivity contribution is 5.92. The van der Waals surface area contributed by atoms with Crippen molar-refractivity contribution in [1.82, 2.24) is 5.32 Å². The van der Waals surface area contributed by atoms with Crippen LogP contribution >= 0.6 is 0 Å². The summed E-state index contributed by atoms with van der Waals surface area (Å²) in [5.41, 5.74) is 3.84. The van der Waals surface area contributed by atoms with Gasteiger partial charge in [0.1, 0.15) is 5.75 Å². The molecule has 0 aliphatic heterocycles. The Kier molecular flexibility index (Phi) is 7.22. The van der Waals surface area contributed by atoms with Crippen molar-refractivity contribution >= 4 is 17.5 Å². The van der Waals surface area contributed by atoms with E-state index in [9.17, 15) is 9.59 Å². The maximum atomic E-state index is 12.8. The van der Waals surface area contributed by atoms with E-state index in [0.717, 1.165) is 29.0 Å². The van der Waals surface area contributed by atoms with Crippen molar-refractivity contribution in [2.45, 2.75) is 25.8 Å². The first-order valence-corrected chi connectivity index (χ1v) is 9.88. The number of para-hydroxylation sites is 1. The van der Waals surface area contributed by atoms with Gasteiger partial charge in [-0.15, -0.1) is 0 Å². The first kappa shape index (κ1) is 21.1. The van der Waals surface area contributed by atoms with Gasteiger partial charge < -0.3 is 15.4 Å². The smallest absolute Gasteiger partial charge is 0.226 e. The van der Waals surface area contributed by atoms with E-state index in [1.54, 1.807) is 7.11 Å². The Labute approximate surface area is 177 Å². The predicted octanol–water partition coefficient (Wildman–Crippen LogP) is 4.49. The fraction of sp³-hybridized carbons (Fsp3) is 0.200. The predicted molar refractivity (Wildman–Crippen MR) is 118 cm³/mol.